The van der Waals surface area contributed by atoms with Crippen LogP contribution in [0.15, 0.2) is 35.3 Å². The molecule has 0 atom stereocenters. The lowest BCUT2D eigenvalue weighted by atomic mass is 10.1. The van der Waals surface area contributed by atoms with Crippen molar-refractivity contribution in [2.75, 3.05) is 7.11 Å². The molecule has 0 saturated carbocycles. The van der Waals surface area contributed by atoms with Gasteiger partial charge in [0.2, 0.25) is 5.91 Å². The van der Waals surface area contributed by atoms with Gasteiger partial charge in [0.15, 0.2) is 17.5 Å². The Morgan fingerprint density at radius 3 is 2.54 bits per heavy atom. The Morgan fingerprint density at radius 2 is 1.94 bits per heavy atom. The molecule has 0 unspecified atom stereocenters. The Bertz CT molecular complexity index is 1270. The number of rotatable bonds is 8. The van der Waals surface area contributed by atoms with Crippen LogP contribution in [-0.2, 0) is 17.5 Å². The second kappa shape index (κ2) is 10.4. The maximum atomic E-state index is 13.3. The molecule has 0 aliphatic rings. The molecule has 35 heavy (non-hydrogen) atoms. The van der Waals surface area contributed by atoms with Gasteiger partial charge in [-0.15, -0.1) is 0 Å². The first-order valence-corrected chi connectivity index (χ1v) is 11.0. The van der Waals surface area contributed by atoms with Gasteiger partial charge < -0.3 is 25.5 Å². The van der Waals surface area contributed by atoms with Gasteiger partial charge in [-0.3, -0.25) is 4.79 Å². The van der Waals surface area contributed by atoms with E-state index >= 15 is 0 Å². The molecule has 2 aromatic carbocycles. The number of halogens is 4. The Morgan fingerprint density at radius 1 is 1.23 bits per heavy atom. The number of imidazole rings is 1. The van der Waals surface area contributed by atoms with Gasteiger partial charge in [-0.1, -0.05) is 11.6 Å². The van der Waals surface area contributed by atoms with Gasteiger partial charge >= 0.3 is 6.18 Å². The average molecular weight is 512 g/mol. The molecule has 1 amide bonds. The average Bonchev–Trinajstić information content (AvgIpc) is 3.11. The normalized spacial score (nSPS) is 11.7. The highest BCUT2D eigenvalue weighted by atomic mass is 35.5. The van der Waals surface area contributed by atoms with Gasteiger partial charge in [0.25, 0.3) is 0 Å². The summed E-state index contributed by atoms with van der Waals surface area (Å²) in [5, 5.41) is 0.255. The second-order valence-electron chi connectivity index (χ2n) is 7.98. The summed E-state index contributed by atoms with van der Waals surface area (Å²) in [5.74, 6) is 0.200. The lowest BCUT2D eigenvalue weighted by Gasteiger charge is -2.17. The first kappa shape index (κ1) is 26.1. The summed E-state index contributed by atoms with van der Waals surface area (Å²) < 4.78 is 52.8. The molecular weight excluding hydrogens is 487 g/mol. The van der Waals surface area contributed by atoms with Crippen LogP contribution in [0.4, 0.5) is 13.2 Å². The summed E-state index contributed by atoms with van der Waals surface area (Å²) in [4.78, 5) is 19.8. The van der Waals surface area contributed by atoms with E-state index in [0.29, 0.717) is 34.8 Å². The van der Waals surface area contributed by atoms with Crippen LogP contribution in [0.25, 0.3) is 22.4 Å². The van der Waals surface area contributed by atoms with Crippen LogP contribution < -0.4 is 20.9 Å². The molecule has 0 aliphatic carbocycles. The molecule has 1 aromatic heterocycles. The zero-order valence-corrected chi connectivity index (χ0v) is 20.1. The highest BCUT2D eigenvalue weighted by Gasteiger charge is 2.31. The van der Waals surface area contributed by atoms with Crippen molar-refractivity contribution in [2.24, 2.45) is 16.5 Å². The minimum absolute atomic E-state index is 0.0306. The Labute approximate surface area is 204 Å². The number of benzene rings is 2. The third kappa shape index (κ3) is 6.16. The van der Waals surface area contributed by atoms with E-state index in [2.05, 4.69) is 9.98 Å². The van der Waals surface area contributed by atoms with Crippen LogP contribution in [0.2, 0.25) is 5.02 Å². The SMILES string of the molecule is COc1cc(-c2nc3cc(C(F)(F)F)ccc3n2CCCC(=O)N=C(N)N)cc(Cl)c1OC(C)C. The monoisotopic (exact) mass is 511 g/mol. The lowest BCUT2D eigenvalue weighted by molar-refractivity contribution is -0.137. The molecular formula is C23H25ClF3N5O3. The predicted octanol–water partition coefficient (Wildman–Crippen LogP) is 4.75. The Balaban J connectivity index is 2.10. The number of guanidine groups is 1. The third-order valence-corrected chi connectivity index (χ3v) is 5.22. The van der Waals surface area contributed by atoms with E-state index in [1.807, 2.05) is 13.8 Å². The van der Waals surface area contributed by atoms with Crippen LogP contribution in [0, 0.1) is 0 Å². The fourth-order valence-corrected chi connectivity index (χ4v) is 3.80. The van der Waals surface area contributed by atoms with E-state index in [9.17, 15) is 18.0 Å². The van der Waals surface area contributed by atoms with E-state index in [4.69, 9.17) is 32.5 Å². The predicted molar refractivity (Wildman–Crippen MR) is 128 cm³/mol. The number of nitrogens with two attached hydrogens (primary N) is 2. The molecule has 12 heteroatoms. The van der Waals surface area contributed by atoms with Gasteiger partial charge in [-0.2, -0.15) is 18.2 Å². The minimum Gasteiger partial charge on any atom is -0.493 e. The summed E-state index contributed by atoms with van der Waals surface area (Å²) >= 11 is 6.46. The molecule has 188 valence electrons. The number of aromatic nitrogens is 2. The molecule has 0 fully saturated rings. The summed E-state index contributed by atoms with van der Waals surface area (Å²) in [7, 11) is 1.45. The number of alkyl halides is 3. The number of fused-ring (bicyclic) bond motifs is 1. The summed E-state index contributed by atoms with van der Waals surface area (Å²) in [5.41, 5.74) is 10.7. The van der Waals surface area contributed by atoms with E-state index < -0.39 is 17.6 Å². The molecule has 8 nitrogen and oxygen atoms in total. The summed E-state index contributed by atoms with van der Waals surface area (Å²) in [6.45, 7) is 3.93. The molecule has 0 radical (unpaired) electrons. The number of aliphatic imine (C=N–C) groups is 1. The maximum Gasteiger partial charge on any atom is 0.416 e. The zero-order valence-electron chi connectivity index (χ0n) is 19.3. The molecule has 0 spiro atoms. The topological polar surface area (TPSA) is 118 Å². The molecule has 0 aliphatic heterocycles. The van der Waals surface area contributed by atoms with Gasteiger partial charge in [-0.25, -0.2) is 4.98 Å². The van der Waals surface area contributed by atoms with Crippen molar-refractivity contribution in [1.82, 2.24) is 9.55 Å². The maximum absolute atomic E-state index is 13.3. The molecule has 4 N–H and O–H groups in total. The number of methoxy groups -OCH3 is 1. The van der Waals surface area contributed by atoms with Crippen molar-refractivity contribution in [1.29, 1.82) is 0 Å². The van der Waals surface area contributed by atoms with Gasteiger partial charge in [0.05, 0.1) is 34.8 Å². The number of ether oxygens (including phenoxy) is 2. The van der Waals surface area contributed by atoms with Gasteiger partial charge in [0, 0.05) is 18.5 Å². The molecule has 3 aromatic rings. The van der Waals surface area contributed by atoms with Crippen LogP contribution in [0.3, 0.4) is 0 Å². The second-order valence-corrected chi connectivity index (χ2v) is 8.39. The van der Waals surface area contributed by atoms with Crippen molar-refractivity contribution in [3.8, 4) is 22.9 Å². The largest absolute Gasteiger partial charge is 0.493 e. The van der Waals surface area contributed by atoms with Crippen LogP contribution in [0.1, 0.15) is 32.3 Å². The smallest absolute Gasteiger partial charge is 0.416 e. The quantitative estimate of drug-likeness (QED) is 0.333. The Kier molecular flexibility index (Phi) is 7.79. The number of aryl methyl sites for hydroxylation is 1. The van der Waals surface area contributed by atoms with Crippen LogP contribution in [0.5, 0.6) is 11.5 Å². The zero-order chi connectivity index (χ0) is 25.9. The van der Waals surface area contributed by atoms with Crippen molar-refractivity contribution in [2.45, 2.75) is 45.5 Å². The number of nitrogens with zero attached hydrogens (tertiary/aromatic N) is 3. The number of hydrogen-bond acceptors (Lipinski definition) is 4. The highest BCUT2D eigenvalue weighted by Crippen LogP contribution is 2.41. The van der Waals surface area contributed by atoms with Crippen LogP contribution >= 0.6 is 11.6 Å². The highest BCUT2D eigenvalue weighted by molar-refractivity contribution is 6.32. The van der Waals surface area contributed by atoms with Gasteiger partial charge in [0.1, 0.15) is 5.82 Å². The number of carbonyl (C=O) groups is 1. The molecule has 3 rings (SSSR count). The van der Waals surface area contributed by atoms with E-state index in [1.165, 1.54) is 13.2 Å². The summed E-state index contributed by atoms with van der Waals surface area (Å²) in [6, 6.07) is 6.57. The van der Waals surface area contributed by atoms with Crippen molar-refractivity contribution < 1.29 is 27.4 Å². The van der Waals surface area contributed by atoms with Crippen molar-refractivity contribution >= 4 is 34.5 Å². The standard InChI is InChI=1S/C23H25ClF3N5O3/c1-12(2)35-20-15(24)9-13(10-18(20)34-3)21-30-16-11-14(23(25,26)27)6-7-17(16)32(21)8-4-5-19(33)31-22(28)29/h6-7,9-12H,4-5,8H2,1-3H3,(H4,28,29,31,33). The number of hydrogen-bond donors (Lipinski definition) is 2. The van der Waals surface area contributed by atoms with Gasteiger partial charge in [-0.05, 0) is 50.6 Å². The first-order valence-electron chi connectivity index (χ1n) is 10.6. The number of carbonyl (C=O) groups excluding carboxylic acids is 1. The van der Waals surface area contributed by atoms with E-state index in [-0.39, 0.29) is 35.6 Å². The minimum atomic E-state index is -4.52. The van der Waals surface area contributed by atoms with E-state index in [0.717, 1.165) is 12.1 Å². The van der Waals surface area contributed by atoms with Crippen LogP contribution in [-0.4, -0.2) is 34.6 Å². The molecule has 0 bridgehead atoms. The third-order valence-electron chi connectivity index (χ3n) is 4.94. The number of amides is 1. The fraction of sp³-hybridized carbons (Fsp3) is 0.348. The summed E-state index contributed by atoms with van der Waals surface area (Å²) in [6.07, 6.45) is -4.34. The lowest BCUT2D eigenvalue weighted by Crippen LogP contribution is -2.24. The first-order chi connectivity index (χ1) is 16.4. The fourth-order valence-electron chi connectivity index (χ4n) is 3.54. The van der Waals surface area contributed by atoms with E-state index in [1.54, 1.807) is 16.7 Å². The molecule has 0 saturated heterocycles. The Hall–Kier alpha value is -3.47. The van der Waals surface area contributed by atoms with Crippen molar-refractivity contribution in [3.63, 3.8) is 0 Å². The molecule has 1 heterocycles. The van der Waals surface area contributed by atoms with Crippen molar-refractivity contribution in [3.05, 3.63) is 40.9 Å².